The van der Waals surface area contributed by atoms with Crippen LogP contribution < -0.4 is 48.9 Å². The Hall–Kier alpha value is -11.6. The maximum atomic E-state index is 7.65. The fourth-order valence-electron chi connectivity index (χ4n) is 16.2. The largest absolute Gasteiger partial charge is 0.494 e. The van der Waals surface area contributed by atoms with Crippen LogP contribution in [0.1, 0.15) is 326 Å². The summed E-state index contributed by atoms with van der Waals surface area (Å²) in [4.78, 5) is 37.9. The summed E-state index contributed by atoms with van der Waals surface area (Å²) in [6, 6.07) is 54.4. The smallest absolute Gasteiger partial charge is 0.170 e. The number of H-pyrrole nitrogens is 1. The molecule has 0 fully saturated rings. The molecule has 0 spiro atoms. The van der Waals surface area contributed by atoms with Crippen molar-refractivity contribution in [2.45, 2.75) is 237 Å². The van der Waals surface area contributed by atoms with Crippen molar-refractivity contribution in [3.63, 3.8) is 0 Å². The molecule has 15 nitrogen and oxygen atoms in total. The Morgan fingerprint density at radius 3 is 0.580 bits per heavy atom. The first-order valence-electron chi connectivity index (χ1n) is 42.8. The Morgan fingerprint density at radius 2 is 0.395 bits per heavy atom. The van der Waals surface area contributed by atoms with Crippen LogP contribution in [-0.4, -0.2) is 42.5 Å². The summed E-state index contributed by atoms with van der Waals surface area (Å²) in [6.45, 7) is 52.8. The molecule has 10 aromatic carbocycles. The molecular weight excluding hydrogens is 1480 g/mol. The molecule has 8 bridgehead atoms. The van der Waals surface area contributed by atoms with Crippen LogP contribution in [0.25, 0.3) is 10.8 Å². The van der Waals surface area contributed by atoms with E-state index in [0.717, 1.165) is 101 Å². The number of nitrogens with one attached hydrogen (secondary N) is 1. The van der Waals surface area contributed by atoms with E-state index in [9.17, 15) is 0 Å². The lowest BCUT2D eigenvalue weighted by atomic mass is 9.93. The van der Waals surface area contributed by atoms with Gasteiger partial charge in [-0.05, 0) is 180 Å². The van der Waals surface area contributed by atoms with Crippen LogP contribution in [0.3, 0.4) is 0 Å². The van der Waals surface area contributed by atoms with Gasteiger partial charge < -0.3 is 42.9 Å². The van der Waals surface area contributed by atoms with Gasteiger partial charge in [0.1, 0.15) is 68.3 Å². The van der Waals surface area contributed by atoms with Gasteiger partial charge in [-0.15, -0.1) is 0 Å². The second kappa shape index (κ2) is 34.4. The van der Waals surface area contributed by atoms with Gasteiger partial charge in [0.15, 0.2) is 57.8 Å². The van der Waals surface area contributed by atoms with Gasteiger partial charge in [-0.2, -0.15) is 0 Å². The zero-order valence-corrected chi connectivity index (χ0v) is 74.4. The molecule has 1 N–H and O–H groups in total. The molecule has 3 aliphatic rings. The molecule has 119 heavy (non-hydrogen) atoms. The number of hydrogen-bond acceptors (Lipinski definition) is 14. The molecule has 14 rings (SSSR count). The van der Waals surface area contributed by atoms with Crippen LogP contribution >= 0.6 is 0 Å². The van der Waals surface area contributed by atoms with Crippen LogP contribution in [-0.2, 0) is 0 Å². The minimum absolute atomic E-state index is 0.0927. The number of benzene rings is 10. The molecule has 15 heteroatoms. The highest BCUT2D eigenvalue weighted by Gasteiger charge is 2.35. The fourth-order valence-corrected chi connectivity index (χ4v) is 16.2. The van der Waals surface area contributed by atoms with Crippen molar-refractivity contribution in [2.24, 2.45) is 30.0 Å². The molecule has 0 amide bonds. The van der Waals surface area contributed by atoms with E-state index < -0.39 is 0 Å². The number of amidine groups is 4. The van der Waals surface area contributed by atoms with E-state index in [-0.39, 0.29) is 71.0 Å². The van der Waals surface area contributed by atoms with Gasteiger partial charge in [0, 0.05) is 39.1 Å². The SMILES string of the molecule is COc1cc(OC)c2cc1N=C1N=C(N=c3[nH]c(c4cc(Oc5c(C(C)C)cccc5C(C)C)c(Oc5c(C(C)C)cccc5C(C)C)cc34)=NC3=NC(=N2)c2cc(Oc4c(C(C)C)cccc4C(C)C)c(Oc4c(C(C)C)cccc4C(C)C)cc23)c2cc(Oc3c(C(C)C)cccc3C(C)C)c(Oc3c(C(C)C)cccc3C(C)C)cc21. The Bertz CT molecular complexity index is 5500. The highest BCUT2D eigenvalue weighted by atomic mass is 16.5. The standard InChI is InChI=1S/C104H117N7O8/c1-53(2)65-33-27-34-66(54(3)4)93(65)114-87-45-77-79(47-89(87)116-95-69(57(9)10)37-29-38-70(95)58(11)12)101-107-99(77)105-83-51-84(86(113-26)52-85(83)112-25)106-100-78-46-88(115-94-67(55(5)6)35-28-36-68(94)56(7)8)90(117-96-71(59(13)14)39-30-40-72(96)60(15)16)48-80(78)102(108-100)110-104-82-50-92(119-98-75(63(21)22)43-32-44-76(98)64(23)24)91(49-81(82)103(109-101)111-104)118-97-73(61(17)18)41-31-42-74(97)62(19)20/h27-64H,1-26H3,(H,105,106,107,108,109,110,111). The summed E-state index contributed by atoms with van der Waals surface area (Å²) in [5, 5.41) is 1.29. The van der Waals surface area contributed by atoms with E-state index in [0.29, 0.717) is 125 Å². The number of aliphatic imine (C=N–C) groups is 4. The Kier molecular flexibility index (Phi) is 24.3. The average molecular weight is 1590 g/mol. The molecular formula is C104H117N7O8. The van der Waals surface area contributed by atoms with Gasteiger partial charge in [-0.25, -0.2) is 30.0 Å². The first kappa shape index (κ1) is 83.9. The molecule has 4 heterocycles. The van der Waals surface area contributed by atoms with Crippen LogP contribution in [0.15, 0.2) is 188 Å². The van der Waals surface area contributed by atoms with Crippen molar-refractivity contribution in [3.05, 3.63) is 258 Å². The Labute approximate surface area is 703 Å². The van der Waals surface area contributed by atoms with Crippen molar-refractivity contribution in [3.8, 4) is 80.5 Å². The minimum atomic E-state index is 0.0927. The topological polar surface area (TPSA) is 164 Å². The summed E-state index contributed by atoms with van der Waals surface area (Å²) in [7, 11) is 3.24. The number of rotatable bonds is 26. The number of hydrogen-bond donors (Lipinski definition) is 1. The molecule has 616 valence electrons. The third kappa shape index (κ3) is 16.6. The maximum Gasteiger partial charge on any atom is 0.170 e. The van der Waals surface area contributed by atoms with Gasteiger partial charge in [-0.3, -0.25) is 0 Å². The minimum Gasteiger partial charge on any atom is -0.494 e. The summed E-state index contributed by atoms with van der Waals surface area (Å²) >= 11 is 0. The van der Waals surface area contributed by atoms with E-state index >= 15 is 0 Å². The zero-order chi connectivity index (χ0) is 85.0. The van der Waals surface area contributed by atoms with E-state index in [1.165, 1.54) is 0 Å². The van der Waals surface area contributed by atoms with Crippen molar-refractivity contribution < 1.29 is 37.9 Å². The Morgan fingerprint density at radius 1 is 0.210 bits per heavy atom. The number of para-hydroxylation sites is 6. The lowest BCUT2D eigenvalue weighted by Crippen LogP contribution is -2.15. The lowest BCUT2D eigenvalue weighted by molar-refractivity contribution is 0.396. The second-order valence-electron chi connectivity index (χ2n) is 35.6. The fraction of sp³-hybridized carbons (Fsp3) is 0.365. The van der Waals surface area contributed by atoms with Crippen LogP contribution in [0, 0.1) is 0 Å². The van der Waals surface area contributed by atoms with Gasteiger partial charge >= 0.3 is 0 Å². The Balaban J connectivity index is 1.14. The molecule has 0 unspecified atom stereocenters. The molecule has 0 atom stereocenters. The molecule has 0 aliphatic carbocycles. The number of fused-ring (bicyclic) bond motifs is 15. The third-order valence-corrected chi connectivity index (χ3v) is 22.9. The van der Waals surface area contributed by atoms with E-state index in [1.54, 1.807) is 20.3 Å². The normalized spacial score (nSPS) is 13.2. The van der Waals surface area contributed by atoms with Gasteiger partial charge in [0.2, 0.25) is 0 Å². The first-order chi connectivity index (χ1) is 56.8. The quantitative estimate of drug-likeness (QED) is 0.0560. The summed E-state index contributed by atoms with van der Waals surface area (Å²) in [6.07, 6.45) is 0. The zero-order valence-electron chi connectivity index (χ0n) is 74.4. The second-order valence-corrected chi connectivity index (χ2v) is 35.6. The maximum absolute atomic E-state index is 7.65. The van der Waals surface area contributed by atoms with E-state index in [1.807, 2.05) is 42.5 Å². The summed E-state index contributed by atoms with van der Waals surface area (Å²) in [5.41, 5.74) is 16.7. The number of nitrogens with zero attached hydrogens (tertiary/aromatic N) is 6. The first-order valence-corrected chi connectivity index (χ1v) is 42.8. The number of aromatic amines is 1. The van der Waals surface area contributed by atoms with Crippen molar-refractivity contribution in [2.75, 3.05) is 14.2 Å². The average Bonchev–Trinajstić information content (AvgIpc) is 1.59. The molecule has 0 saturated heterocycles. The number of methoxy groups -OCH3 is 2. The van der Waals surface area contributed by atoms with Crippen molar-refractivity contribution >= 4 is 45.5 Å². The number of aromatic nitrogens is 1. The number of ether oxygens (including phenoxy) is 8. The van der Waals surface area contributed by atoms with Crippen molar-refractivity contribution in [1.82, 2.24) is 4.98 Å². The molecule has 0 radical (unpaired) electrons. The monoisotopic (exact) mass is 1590 g/mol. The van der Waals surface area contributed by atoms with E-state index in [4.69, 9.17) is 67.8 Å². The molecule has 1 aromatic heterocycles. The van der Waals surface area contributed by atoms with Crippen LogP contribution in [0.5, 0.6) is 80.5 Å². The summed E-state index contributed by atoms with van der Waals surface area (Å²) in [5.74, 6) is 10.6. The predicted octanol–water partition coefficient (Wildman–Crippen LogP) is 29.0. The molecule has 0 saturated carbocycles. The van der Waals surface area contributed by atoms with Gasteiger partial charge in [0.05, 0.1) is 14.2 Å². The van der Waals surface area contributed by atoms with Crippen LogP contribution in [0.2, 0.25) is 0 Å². The predicted molar refractivity (Wildman–Crippen MR) is 487 cm³/mol. The summed E-state index contributed by atoms with van der Waals surface area (Å²) < 4.78 is 58.3. The van der Waals surface area contributed by atoms with Gasteiger partial charge in [0.25, 0.3) is 0 Å². The van der Waals surface area contributed by atoms with E-state index in [2.05, 4.69) is 280 Å². The van der Waals surface area contributed by atoms with Gasteiger partial charge in [-0.1, -0.05) is 275 Å². The highest BCUT2D eigenvalue weighted by molar-refractivity contribution is 6.25. The molecule has 11 aromatic rings. The third-order valence-electron chi connectivity index (χ3n) is 22.9. The van der Waals surface area contributed by atoms with Crippen LogP contribution in [0.4, 0.5) is 11.4 Å². The molecule has 3 aliphatic heterocycles. The van der Waals surface area contributed by atoms with Crippen molar-refractivity contribution in [1.29, 1.82) is 0 Å². The lowest BCUT2D eigenvalue weighted by Gasteiger charge is -2.24. The highest BCUT2D eigenvalue weighted by Crippen LogP contribution is 2.53.